The summed E-state index contributed by atoms with van der Waals surface area (Å²) in [7, 11) is 0. The standard InChI is InChI=1S/C94H80BN3O2/c1-91(2,3)63-38-44-76-72(53-63)73-54-64(92(4,5)6)39-45-77(73)96(76)67-55-80-88-81(56-67)98(90-69(59-30-20-15-21-31-59)41-47-85-87(90)71-33-23-25-35-83(71)100-85)79-51-61(62-48-65(93(7,8)9)52-66(49-62)94(10,11)12)36-42-74(79)95(88)75-50-60(57-26-16-13-17-27-57)37-43-78(75)97(80)89-68(58-28-18-14-19-29-58)40-46-84-86(89)70-32-22-24-34-82(70)99-84/h13-56H,1-12H3/i13D,16D,17D,26D,27D. The molecule has 2 aliphatic heterocycles. The molecule has 0 atom stereocenters. The highest BCUT2D eigenvalue weighted by atomic mass is 16.3. The summed E-state index contributed by atoms with van der Waals surface area (Å²) >= 11 is 0. The van der Waals surface area contributed by atoms with Crippen molar-refractivity contribution in [1.29, 1.82) is 0 Å². The average Bonchev–Trinajstić information content (AvgIpc) is 1.46. The number of aromatic nitrogens is 1. The summed E-state index contributed by atoms with van der Waals surface area (Å²) in [5.41, 5.74) is 25.6. The molecule has 2 aliphatic rings. The second-order valence-corrected chi connectivity index (χ2v) is 31.7. The summed E-state index contributed by atoms with van der Waals surface area (Å²) in [6.45, 7) is 27.0. The average molecular weight is 1300 g/mol. The summed E-state index contributed by atoms with van der Waals surface area (Å²) in [6, 6.07) is 84.5. The monoisotopic (exact) mass is 1300 g/mol. The van der Waals surface area contributed by atoms with E-state index < -0.39 is 24.8 Å². The Hall–Kier alpha value is -11.1. The van der Waals surface area contributed by atoms with Crippen molar-refractivity contribution in [1.82, 2.24) is 4.57 Å². The molecular weight excluding hydrogens is 1210 g/mol. The maximum atomic E-state index is 9.65. The number of hydrogen-bond donors (Lipinski definition) is 0. The highest BCUT2D eigenvalue weighted by Gasteiger charge is 2.46. The van der Waals surface area contributed by atoms with Crippen LogP contribution in [0.25, 0.3) is 116 Å². The number of para-hydroxylation sites is 2. The van der Waals surface area contributed by atoms with Crippen LogP contribution in [0.5, 0.6) is 0 Å². The van der Waals surface area contributed by atoms with Crippen LogP contribution in [0.2, 0.25) is 0 Å². The Labute approximate surface area is 593 Å². The van der Waals surface area contributed by atoms with Crippen LogP contribution < -0.4 is 26.2 Å². The lowest BCUT2D eigenvalue weighted by molar-refractivity contribution is 0.569. The van der Waals surface area contributed by atoms with Gasteiger partial charge < -0.3 is 23.2 Å². The molecule has 18 rings (SSSR count). The molecule has 3 aromatic heterocycles. The van der Waals surface area contributed by atoms with Crippen LogP contribution in [-0.2, 0) is 21.7 Å². The van der Waals surface area contributed by atoms with E-state index >= 15 is 0 Å². The molecule has 0 aliphatic carbocycles. The summed E-state index contributed by atoms with van der Waals surface area (Å²) < 4.78 is 63.0. The molecule has 0 amide bonds. The topological polar surface area (TPSA) is 37.7 Å². The Balaban J connectivity index is 1.08. The van der Waals surface area contributed by atoms with Crippen molar-refractivity contribution < 1.29 is 15.7 Å². The molecule has 486 valence electrons. The van der Waals surface area contributed by atoms with Crippen LogP contribution in [-0.4, -0.2) is 11.3 Å². The zero-order valence-corrected chi connectivity index (χ0v) is 58.8. The van der Waals surface area contributed by atoms with Gasteiger partial charge in [-0.25, -0.2) is 0 Å². The largest absolute Gasteiger partial charge is 0.456 e. The van der Waals surface area contributed by atoms with E-state index in [0.717, 1.165) is 155 Å². The van der Waals surface area contributed by atoms with Gasteiger partial charge in [0.1, 0.15) is 22.3 Å². The van der Waals surface area contributed by atoms with Gasteiger partial charge in [-0.1, -0.05) is 265 Å². The Kier molecular flexibility index (Phi) is 12.4. The summed E-state index contributed by atoms with van der Waals surface area (Å²) in [5.74, 6) is 0. The Bertz CT molecular complexity index is 6220. The second-order valence-electron chi connectivity index (χ2n) is 31.7. The van der Waals surface area contributed by atoms with Crippen LogP contribution in [0, 0.1) is 0 Å². The van der Waals surface area contributed by atoms with Gasteiger partial charge in [-0.05, 0) is 179 Å². The van der Waals surface area contributed by atoms with E-state index in [-0.39, 0.29) is 39.3 Å². The van der Waals surface area contributed by atoms with E-state index in [1.807, 2.05) is 24.3 Å². The molecule has 0 saturated carbocycles. The molecule has 0 fully saturated rings. The number of benzene rings is 13. The zero-order chi connectivity index (χ0) is 72.8. The fraction of sp³-hybridized carbons (Fsp3) is 0.170. The second kappa shape index (κ2) is 22.2. The van der Waals surface area contributed by atoms with Gasteiger partial charge in [-0.15, -0.1) is 0 Å². The third kappa shape index (κ3) is 9.72. The molecule has 16 aromatic rings. The van der Waals surface area contributed by atoms with Crippen molar-refractivity contribution in [3.8, 4) is 50.2 Å². The van der Waals surface area contributed by atoms with Gasteiger partial charge in [0.25, 0.3) is 6.71 Å². The summed E-state index contributed by atoms with van der Waals surface area (Å²) in [4.78, 5) is 5.05. The van der Waals surface area contributed by atoms with E-state index in [1.165, 1.54) is 22.3 Å². The fourth-order valence-corrected chi connectivity index (χ4v) is 16.0. The van der Waals surface area contributed by atoms with Crippen LogP contribution in [0.4, 0.5) is 34.1 Å². The maximum absolute atomic E-state index is 9.65. The van der Waals surface area contributed by atoms with E-state index in [0.29, 0.717) is 5.56 Å². The van der Waals surface area contributed by atoms with Crippen molar-refractivity contribution in [3.63, 3.8) is 0 Å². The van der Waals surface area contributed by atoms with E-state index in [9.17, 15) is 2.74 Å². The van der Waals surface area contributed by atoms with Gasteiger partial charge in [0, 0.05) is 55.4 Å². The minimum Gasteiger partial charge on any atom is -0.456 e. The summed E-state index contributed by atoms with van der Waals surface area (Å²) in [6.07, 6.45) is 0. The molecule has 0 N–H and O–H groups in total. The first kappa shape index (κ1) is 55.9. The molecule has 0 radical (unpaired) electrons. The quantitative estimate of drug-likeness (QED) is 0.149. The third-order valence-corrected chi connectivity index (χ3v) is 21.2. The first-order valence-electron chi connectivity index (χ1n) is 37.6. The number of nitrogens with zero attached hydrogens (tertiary/aromatic N) is 3. The minimum atomic E-state index is -0.547. The number of rotatable bonds is 7. The lowest BCUT2D eigenvalue weighted by atomic mass is 9.33. The lowest BCUT2D eigenvalue weighted by Gasteiger charge is -2.45. The van der Waals surface area contributed by atoms with Gasteiger partial charge >= 0.3 is 0 Å². The highest BCUT2D eigenvalue weighted by Crippen LogP contribution is 2.55. The zero-order valence-electron chi connectivity index (χ0n) is 63.8. The smallest absolute Gasteiger partial charge is 0.252 e. The van der Waals surface area contributed by atoms with Crippen molar-refractivity contribution in [3.05, 3.63) is 289 Å². The van der Waals surface area contributed by atoms with E-state index in [4.69, 9.17) is 12.9 Å². The third-order valence-electron chi connectivity index (χ3n) is 21.2. The number of furan rings is 2. The first-order chi connectivity index (χ1) is 50.2. The Morgan fingerprint density at radius 2 is 0.790 bits per heavy atom. The van der Waals surface area contributed by atoms with Crippen molar-refractivity contribution in [2.75, 3.05) is 9.80 Å². The van der Waals surface area contributed by atoms with Crippen LogP contribution in [0.3, 0.4) is 0 Å². The summed E-state index contributed by atoms with van der Waals surface area (Å²) in [5, 5.41) is 6.15. The van der Waals surface area contributed by atoms with Crippen LogP contribution in [0.1, 0.15) is 112 Å². The first-order valence-corrected chi connectivity index (χ1v) is 35.1. The van der Waals surface area contributed by atoms with Gasteiger partial charge in [-0.3, -0.25) is 0 Å². The molecular formula is C94H80BN3O2. The molecule has 0 unspecified atom stereocenters. The number of fused-ring (bicyclic) bond motifs is 13. The predicted molar refractivity (Wildman–Crippen MR) is 426 cm³/mol. The molecule has 0 saturated heterocycles. The molecule has 5 heterocycles. The molecule has 6 heteroatoms. The van der Waals surface area contributed by atoms with Gasteiger partial charge in [0.05, 0.1) is 45.7 Å². The van der Waals surface area contributed by atoms with Gasteiger partial charge in [-0.2, -0.15) is 0 Å². The van der Waals surface area contributed by atoms with Gasteiger partial charge in [0.2, 0.25) is 0 Å². The molecule has 100 heavy (non-hydrogen) atoms. The highest BCUT2D eigenvalue weighted by molar-refractivity contribution is 7.00. The maximum Gasteiger partial charge on any atom is 0.252 e. The molecule has 0 spiro atoms. The van der Waals surface area contributed by atoms with E-state index in [2.05, 4.69) is 310 Å². The van der Waals surface area contributed by atoms with E-state index in [1.54, 1.807) is 0 Å². The van der Waals surface area contributed by atoms with Crippen LogP contribution in [0.15, 0.2) is 276 Å². The fourth-order valence-electron chi connectivity index (χ4n) is 16.0. The van der Waals surface area contributed by atoms with Crippen molar-refractivity contribution in [2.45, 2.75) is 105 Å². The van der Waals surface area contributed by atoms with Crippen molar-refractivity contribution >= 4 is 123 Å². The normalized spacial score (nSPS) is 14.0. The molecule has 5 nitrogen and oxygen atoms in total. The van der Waals surface area contributed by atoms with Crippen LogP contribution >= 0.6 is 0 Å². The molecule has 0 bridgehead atoms. The predicted octanol–water partition coefficient (Wildman–Crippen LogP) is 24.5. The van der Waals surface area contributed by atoms with Crippen molar-refractivity contribution in [2.24, 2.45) is 0 Å². The number of anilines is 6. The Morgan fingerprint density at radius 3 is 1.30 bits per heavy atom. The molecule has 13 aromatic carbocycles. The Morgan fingerprint density at radius 1 is 0.320 bits per heavy atom. The SMILES string of the molecule is [2H]c1c([2H])c([2H])c(-c2ccc3c(c2)B2c4ccc(-c5cc(C(C)(C)C)cc(C(C)(C)C)c5)cc4N(c4c(-c5ccccc5)ccc5oc6ccccc6c45)c4cc(-n5c6ccc(C(C)(C)C)cc6c6cc(C(C)(C)C)ccc65)cc(c42)N3c2c(-c3ccccc3)ccc3oc4ccccc4c23)c([2H])c1[2H]. The minimum absolute atomic E-state index is 0.132. The van der Waals surface area contributed by atoms with Gasteiger partial charge in [0.15, 0.2) is 0 Å². The number of hydrogen-bond acceptors (Lipinski definition) is 4. The lowest BCUT2D eigenvalue weighted by Crippen LogP contribution is -2.61.